The SMILES string of the molecule is CCN(c1cccc(F)c1)c1ncc(CC(C)N)cc1C. The van der Waals surface area contributed by atoms with Gasteiger partial charge in [-0.15, -0.1) is 0 Å². The first-order valence-corrected chi connectivity index (χ1v) is 7.25. The quantitative estimate of drug-likeness (QED) is 0.914. The Kier molecular flexibility index (Phi) is 4.91. The number of rotatable bonds is 5. The summed E-state index contributed by atoms with van der Waals surface area (Å²) in [6.07, 6.45) is 2.66. The summed E-state index contributed by atoms with van der Waals surface area (Å²) in [7, 11) is 0. The minimum Gasteiger partial charge on any atom is -0.328 e. The third-order valence-corrected chi connectivity index (χ3v) is 3.36. The van der Waals surface area contributed by atoms with Crippen LogP contribution in [0.15, 0.2) is 36.5 Å². The lowest BCUT2D eigenvalue weighted by Crippen LogP contribution is -2.20. The second kappa shape index (κ2) is 6.68. The van der Waals surface area contributed by atoms with Crippen molar-refractivity contribution in [2.45, 2.75) is 33.2 Å². The van der Waals surface area contributed by atoms with Crippen LogP contribution in [0, 0.1) is 12.7 Å². The van der Waals surface area contributed by atoms with Crippen LogP contribution in [0.3, 0.4) is 0 Å². The summed E-state index contributed by atoms with van der Waals surface area (Å²) in [4.78, 5) is 6.56. The predicted octanol–water partition coefficient (Wildman–Crippen LogP) is 3.58. The highest BCUT2D eigenvalue weighted by Crippen LogP contribution is 2.27. The number of halogens is 1. The van der Waals surface area contributed by atoms with E-state index in [2.05, 4.69) is 11.1 Å². The van der Waals surface area contributed by atoms with Crippen molar-refractivity contribution in [3.05, 3.63) is 53.5 Å². The molecule has 0 spiro atoms. The molecule has 1 atom stereocenters. The van der Waals surface area contributed by atoms with Gasteiger partial charge in [0.25, 0.3) is 0 Å². The van der Waals surface area contributed by atoms with E-state index in [0.29, 0.717) is 0 Å². The Bertz CT molecular complexity index is 611. The molecule has 0 saturated heterocycles. The fraction of sp³-hybridized carbons (Fsp3) is 0.353. The van der Waals surface area contributed by atoms with Gasteiger partial charge in [-0.3, -0.25) is 0 Å². The normalized spacial score (nSPS) is 12.2. The van der Waals surface area contributed by atoms with Crippen LogP contribution in [0.2, 0.25) is 0 Å². The molecular weight excluding hydrogens is 265 g/mol. The van der Waals surface area contributed by atoms with E-state index in [1.54, 1.807) is 6.07 Å². The van der Waals surface area contributed by atoms with Gasteiger partial charge in [0.1, 0.15) is 11.6 Å². The monoisotopic (exact) mass is 287 g/mol. The first kappa shape index (κ1) is 15.4. The van der Waals surface area contributed by atoms with Crippen LogP contribution in [-0.4, -0.2) is 17.6 Å². The summed E-state index contributed by atoms with van der Waals surface area (Å²) in [5, 5.41) is 0. The van der Waals surface area contributed by atoms with E-state index < -0.39 is 0 Å². The van der Waals surface area contributed by atoms with Crippen molar-refractivity contribution in [3.63, 3.8) is 0 Å². The molecule has 2 aromatic rings. The predicted molar refractivity (Wildman–Crippen MR) is 85.4 cm³/mol. The maximum atomic E-state index is 13.4. The van der Waals surface area contributed by atoms with Gasteiger partial charge in [-0.05, 0) is 56.5 Å². The Morgan fingerprint density at radius 2 is 2.10 bits per heavy atom. The first-order valence-electron chi connectivity index (χ1n) is 7.25. The fourth-order valence-electron chi connectivity index (χ4n) is 2.49. The number of aryl methyl sites for hydroxylation is 1. The summed E-state index contributed by atoms with van der Waals surface area (Å²) in [6.45, 7) is 6.76. The number of hydrogen-bond acceptors (Lipinski definition) is 3. The van der Waals surface area contributed by atoms with E-state index >= 15 is 0 Å². The summed E-state index contributed by atoms with van der Waals surface area (Å²) in [5.74, 6) is 0.619. The lowest BCUT2D eigenvalue weighted by Gasteiger charge is -2.24. The number of benzene rings is 1. The molecule has 1 heterocycles. The van der Waals surface area contributed by atoms with E-state index in [4.69, 9.17) is 5.73 Å². The highest BCUT2D eigenvalue weighted by atomic mass is 19.1. The molecule has 4 heteroatoms. The van der Waals surface area contributed by atoms with Crippen LogP contribution in [0.5, 0.6) is 0 Å². The number of pyridine rings is 1. The highest BCUT2D eigenvalue weighted by Gasteiger charge is 2.13. The Balaban J connectivity index is 2.34. The van der Waals surface area contributed by atoms with E-state index in [0.717, 1.165) is 35.6 Å². The molecular formula is C17H22FN3. The Morgan fingerprint density at radius 1 is 1.33 bits per heavy atom. The van der Waals surface area contributed by atoms with E-state index in [-0.39, 0.29) is 11.9 Å². The van der Waals surface area contributed by atoms with Crippen molar-refractivity contribution in [2.75, 3.05) is 11.4 Å². The van der Waals surface area contributed by atoms with E-state index in [9.17, 15) is 4.39 Å². The molecule has 1 aromatic heterocycles. The molecule has 3 nitrogen and oxygen atoms in total. The van der Waals surface area contributed by atoms with Crippen LogP contribution in [0.1, 0.15) is 25.0 Å². The molecule has 0 amide bonds. The maximum absolute atomic E-state index is 13.4. The molecule has 112 valence electrons. The Morgan fingerprint density at radius 3 is 2.67 bits per heavy atom. The van der Waals surface area contributed by atoms with Crippen LogP contribution in [0.25, 0.3) is 0 Å². The molecule has 2 N–H and O–H groups in total. The topological polar surface area (TPSA) is 42.2 Å². The maximum Gasteiger partial charge on any atom is 0.135 e. The zero-order chi connectivity index (χ0) is 15.4. The van der Waals surface area contributed by atoms with Gasteiger partial charge in [0.2, 0.25) is 0 Å². The largest absolute Gasteiger partial charge is 0.328 e. The molecule has 21 heavy (non-hydrogen) atoms. The molecule has 1 aromatic carbocycles. The van der Waals surface area contributed by atoms with Gasteiger partial charge in [-0.1, -0.05) is 12.1 Å². The van der Waals surface area contributed by atoms with Crippen LogP contribution < -0.4 is 10.6 Å². The number of nitrogens with two attached hydrogens (primary N) is 1. The number of aromatic nitrogens is 1. The Labute approximate surface area is 125 Å². The van der Waals surface area contributed by atoms with Crippen molar-refractivity contribution in [1.82, 2.24) is 4.98 Å². The lowest BCUT2D eigenvalue weighted by atomic mass is 10.1. The molecule has 0 fully saturated rings. The van der Waals surface area contributed by atoms with Crippen molar-refractivity contribution in [1.29, 1.82) is 0 Å². The minimum atomic E-state index is -0.239. The van der Waals surface area contributed by atoms with Crippen molar-refractivity contribution < 1.29 is 4.39 Å². The number of nitrogens with zero attached hydrogens (tertiary/aromatic N) is 2. The first-order chi connectivity index (χ1) is 10.0. The Hall–Kier alpha value is -1.94. The molecule has 1 unspecified atom stereocenters. The minimum absolute atomic E-state index is 0.113. The van der Waals surface area contributed by atoms with Gasteiger partial charge in [0.05, 0.1) is 0 Å². The van der Waals surface area contributed by atoms with Crippen LogP contribution >= 0.6 is 0 Å². The molecule has 0 saturated carbocycles. The number of hydrogen-bond donors (Lipinski definition) is 1. The zero-order valence-corrected chi connectivity index (χ0v) is 12.8. The van der Waals surface area contributed by atoms with Crippen molar-refractivity contribution >= 4 is 11.5 Å². The summed E-state index contributed by atoms with van der Waals surface area (Å²) in [6, 6.07) is 8.80. The average molecular weight is 287 g/mol. The highest BCUT2D eigenvalue weighted by molar-refractivity contribution is 5.62. The molecule has 0 aliphatic heterocycles. The second-order valence-corrected chi connectivity index (χ2v) is 5.39. The molecule has 0 radical (unpaired) electrons. The van der Waals surface area contributed by atoms with Crippen molar-refractivity contribution in [2.24, 2.45) is 5.73 Å². The molecule has 0 aliphatic rings. The fourth-order valence-corrected chi connectivity index (χ4v) is 2.49. The van der Waals surface area contributed by atoms with Gasteiger partial charge in [0.15, 0.2) is 0 Å². The third kappa shape index (κ3) is 3.79. The molecule has 0 aliphatic carbocycles. The third-order valence-electron chi connectivity index (χ3n) is 3.36. The van der Waals surface area contributed by atoms with Crippen LogP contribution in [0.4, 0.5) is 15.9 Å². The zero-order valence-electron chi connectivity index (χ0n) is 12.8. The summed E-state index contributed by atoms with van der Waals surface area (Å²) in [5.41, 5.74) is 8.83. The van der Waals surface area contributed by atoms with Gasteiger partial charge in [-0.2, -0.15) is 0 Å². The lowest BCUT2D eigenvalue weighted by molar-refractivity contribution is 0.627. The average Bonchev–Trinajstić information content (AvgIpc) is 2.41. The summed E-state index contributed by atoms with van der Waals surface area (Å²) >= 11 is 0. The van der Waals surface area contributed by atoms with Gasteiger partial charge < -0.3 is 10.6 Å². The van der Waals surface area contributed by atoms with Gasteiger partial charge in [0, 0.05) is 24.5 Å². The van der Waals surface area contributed by atoms with E-state index in [1.807, 2.05) is 37.9 Å². The van der Waals surface area contributed by atoms with E-state index in [1.165, 1.54) is 12.1 Å². The smallest absolute Gasteiger partial charge is 0.135 e. The number of anilines is 2. The second-order valence-electron chi connectivity index (χ2n) is 5.39. The summed E-state index contributed by atoms with van der Waals surface area (Å²) < 4.78 is 13.4. The molecule has 0 bridgehead atoms. The standard InChI is InChI=1S/C17H22FN3/c1-4-21(16-7-5-6-15(18)10-16)17-12(2)8-14(11-20-17)9-13(3)19/h5-8,10-11,13H,4,9,19H2,1-3H3. The van der Waals surface area contributed by atoms with Crippen LogP contribution in [-0.2, 0) is 6.42 Å². The van der Waals surface area contributed by atoms with Gasteiger partial charge in [-0.25, -0.2) is 9.37 Å². The molecule has 2 rings (SSSR count). The van der Waals surface area contributed by atoms with Crippen molar-refractivity contribution in [3.8, 4) is 0 Å². The van der Waals surface area contributed by atoms with Gasteiger partial charge >= 0.3 is 0 Å².